The molecule has 0 fully saturated rings. The number of likely N-dealkylation sites (N-methyl/N-ethyl adjacent to an activating group) is 2. The minimum atomic E-state index is -0.415. The number of rotatable bonds is 9. The van der Waals surface area contributed by atoms with Gasteiger partial charge in [-0.1, -0.05) is 36.9 Å². The van der Waals surface area contributed by atoms with Crippen LogP contribution in [0.2, 0.25) is 0 Å². The molecule has 0 saturated carbocycles. The van der Waals surface area contributed by atoms with Crippen LogP contribution in [0.15, 0.2) is 55.1 Å². The molecule has 8 nitrogen and oxygen atoms in total. The van der Waals surface area contributed by atoms with Crippen molar-refractivity contribution in [3.63, 3.8) is 0 Å². The summed E-state index contributed by atoms with van der Waals surface area (Å²) in [6, 6.07) is 12.9. The van der Waals surface area contributed by atoms with E-state index >= 15 is 0 Å². The maximum atomic E-state index is 12.2. The number of nitrogens with zero attached hydrogens (tertiary/aromatic N) is 2. The molecule has 0 unspecified atom stereocenters. The standard InChI is InChI=1S/C22H28N4O4/c1-5-21(27)24-18-13-17(23)20(29-4)14-19(18)25(2)11-12-26(3)22(28)30-15-16-9-7-6-8-10-16/h5-10,13-14H,1,11-12,15,23H2,2-4H3,(H,24,27). The fraction of sp³-hybridized carbons (Fsp3) is 0.273. The molecule has 2 aromatic rings. The Hall–Kier alpha value is -3.68. The van der Waals surface area contributed by atoms with Gasteiger partial charge < -0.3 is 30.3 Å². The van der Waals surface area contributed by atoms with E-state index in [-0.39, 0.29) is 12.5 Å². The zero-order chi connectivity index (χ0) is 22.1. The molecule has 2 aromatic carbocycles. The van der Waals surface area contributed by atoms with Crippen molar-refractivity contribution in [2.45, 2.75) is 6.61 Å². The molecule has 3 N–H and O–H groups in total. The maximum Gasteiger partial charge on any atom is 0.409 e. The average molecular weight is 412 g/mol. The molecule has 8 heteroatoms. The first-order valence-corrected chi connectivity index (χ1v) is 9.39. The smallest absolute Gasteiger partial charge is 0.409 e. The van der Waals surface area contributed by atoms with E-state index in [9.17, 15) is 9.59 Å². The van der Waals surface area contributed by atoms with Gasteiger partial charge in [-0.25, -0.2) is 4.79 Å². The summed E-state index contributed by atoms with van der Waals surface area (Å²) in [6.07, 6.45) is 0.767. The first-order valence-electron chi connectivity index (χ1n) is 9.39. The fourth-order valence-electron chi connectivity index (χ4n) is 2.70. The van der Waals surface area contributed by atoms with E-state index < -0.39 is 6.09 Å². The van der Waals surface area contributed by atoms with E-state index in [4.69, 9.17) is 15.2 Å². The number of nitrogens with one attached hydrogen (secondary N) is 1. The predicted molar refractivity (Wildman–Crippen MR) is 119 cm³/mol. The monoisotopic (exact) mass is 412 g/mol. The molecule has 0 saturated heterocycles. The van der Waals surface area contributed by atoms with Crippen LogP contribution in [0.5, 0.6) is 5.75 Å². The Bertz CT molecular complexity index is 886. The molecule has 0 aliphatic heterocycles. The van der Waals surface area contributed by atoms with E-state index in [0.29, 0.717) is 35.9 Å². The van der Waals surface area contributed by atoms with Gasteiger partial charge in [0.05, 0.1) is 24.2 Å². The summed E-state index contributed by atoms with van der Waals surface area (Å²) in [5.41, 5.74) is 8.51. The molecule has 2 rings (SSSR count). The van der Waals surface area contributed by atoms with Crippen LogP contribution in [0.25, 0.3) is 0 Å². The Labute approximate surface area is 176 Å². The maximum absolute atomic E-state index is 12.2. The van der Waals surface area contributed by atoms with Crippen LogP contribution in [0.3, 0.4) is 0 Å². The molecule has 0 aliphatic carbocycles. The van der Waals surface area contributed by atoms with Gasteiger partial charge in [0, 0.05) is 33.3 Å². The lowest BCUT2D eigenvalue weighted by Gasteiger charge is -2.26. The van der Waals surface area contributed by atoms with Gasteiger partial charge in [0.2, 0.25) is 5.91 Å². The number of hydrogen-bond donors (Lipinski definition) is 2. The number of amides is 2. The number of nitrogens with two attached hydrogens (primary N) is 1. The topological polar surface area (TPSA) is 97.1 Å². The molecule has 0 bridgehead atoms. The molecule has 30 heavy (non-hydrogen) atoms. The second kappa shape index (κ2) is 10.8. The lowest BCUT2D eigenvalue weighted by atomic mass is 10.2. The molecule has 2 amide bonds. The summed E-state index contributed by atoms with van der Waals surface area (Å²) in [5.74, 6) is 0.139. The van der Waals surface area contributed by atoms with Crippen LogP contribution in [0, 0.1) is 0 Å². The van der Waals surface area contributed by atoms with Crippen molar-refractivity contribution in [3.8, 4) is 5.75 Å². The van der Waals surface area contributed by atoms with Crippen LogP contribution in [0.1, 0.15) is 5.56 Å². The zero-order valence-corrected chi connectivity index (χ0v) is 17.6. The van der Waals surface area contributed by atoms with Crippen LogP contribution in [0.4, 0.5) is 21.9 Å². The van der Waals surface area contributed by atoms with Crippen LogP contribution >= 0.6 is 0 Å². The fourth-order valence-corrected chi connectivity index (χ4v) is 2.70. The lowest BCUT2D eigenvalue weighted by molar-refractivity contribution is -0.111. The van der Waals surface area contributed by atoms with E-state index in [2.05, 4.69) is 11.9 Å². The highest BCUT2D eigenvalue weighted by molar-refractivity contribution is 6.02. The molecule has 0 aliphatic rings. The number of carbonyl (C=O) groups is 2. The number of hydrogen-bond acceptors (Lipinski definition) is 6. The summed E-state index contributed by atoms with van der Waals surface area (Å²) >= 11 is 0. The summed E-state index contributed by atoms with van der Waals surface area (Å²) in [6.45, 7) is 4.58. The van der Waals surface area contributed by atoms with Crippen molar-refractivity contribution >= 4 is 29.1 Å². The highest BCUT2D eigenvalue weighted by Crippen LogP contribution is 2.35. The van der Waals surface area contributed by atoms with E-state index in [1.165, 1.54) is 18.1 Å². The van der Waals surface area contributed by atoms with E-state index in [1.807, 2.05) is 42.3 Å². The third-order valence-electron chi connectivity index (χ3n) is 4.49. The van der Waals surface area contributed by atoms with E-state index in [1.54, 1.807) is 19.2 Å². The summed E-state index contributed by atoms with van der Waals surface area (Å²) in [5, 5.41) is 2.74. The van der Waals surface area contributed by atoms with Crippen molar-refractivity contribution < 1.29 is 19.1 Å². The number of anilines is 3. The quantitative estimate of drug-likeness (QED) is 0.485. The van der Waals surface area contributed by atoms with E-state index in [0.717, 1.165) is 5.56 Å². The van der Waals surface area contributed by atoms with Crippen molar-refractivity contribution in [2.24, 2.45) is 0 Å². The number of carbonyl (C=O) groups excluding carboxylic acids is 2. The molecular weight excluding hydrogens is 384 g/mol. The van der Waals surface area contributed by atoms with Gasteiger partial charge in [0.1, 0.15) is 12.4 Å². The van der Waals surface area contributed by atoms with Gasteiger partial charge >= 0.3 is 6.09 Å². The number of nitrogen functional groups attached to an aromatic ring is 1. The van der Waals surface area contributed by atoms with Crippen molar-refractivity contribution in [2.75, 3.05) is 50.2 Å². The Morgan fingerprint density at radius 1 is 1.17 bits per heavy atom. The number of ether oxygens (including phenoxy) is 2. The van der Waals surface area contributed by atoms with Crippen molar-refractivity contribution in [3.05, 3.63) is 60.7 Å². The highest BCUT2D eigenvalue weighted by atomic mass is 16.6. The predicted octanol–water partition coefficient (Wildman–Crippen LogP) is 3.11. The summed E-state index contributed by atoms with van der Waals surface area (Å²) in [7, 11) is 5.04. The van der Waals surface area contributed by atoms with Crippen molar-refractivity contribution in [1.82, 2.24) is 4.90 Å². The highest BCUT2D eigenvalue weighted by Gasteiger charge is 2.16. The van der Waals surface area contributed by atoms with Crippen LogP contribution in [-0.2, 0) is 16.1 Å². The first-order chi connectivity index (χ1) is 14.3. The molecular formula is C22H28N4O4. The number of methoxy groups -OCH3 is 1. The van der Waals surface area contributed by atoms with Gasteiger partial charge in [-0.05, 0) is 17.7 Å². The third kappa shape index (κ3) is 6.16. The van der Waals surface area contributed by atoms with Crippen molar-refractivity contribution in [1.29, 1.82) is 0 Å². The SMILES string of the molecule is C=CC(=O)Nc1cc(N)c(OC)cc1N(C)CCN(C)C(=O)OCc1ccccc1. The van der Waals surface area contributed by atoms with Crippen LogP contribution in [-0.4, -0.2) is 51.2 Å². The summed E-state index contributed by atoms with van der Waals surface area (Å²) in [4.78, 5) is 27.4. The Kier molecular flexibility index (Phi) is 8.10. The Balaban J connectivity index is 2.01. The zero-order valence-electron chi connectivity index (χ0n) is 17.6. The minimum absolute atomic E-state index is 0.215. The summed E-state index contributed by atoms with van der Waals surface area (Å²) < 4.78 is 10.6. The normalized spacial score (nSPS) is 10.1. The van der Waals surface area contributed by atoms with Gasteiger partial charge in [-0.15, -0.1) is 0 Å². The Morgan fingerprint density at radius 3 is 2.50 bits per heavy atom. The third-order valence-corrected chi connectivity index (χ3v) is 4.49. The second-order valence-electron chi connectivity index (χ2n) is 6.69. The first kappa shape index (κ1) is 22.6. The van der Waals surface area contributed by atoms with Gasteiger partial charge in [-0.2, -0.15) is 0 Å². The minimum Gasteiger partial charge on any atom is -0.495 e. The van der Waals surface area contributed by atoms with Gasteiger partial charge in [-0.3, -0.25) is 4.79 Å². The molecule has 160 valence electrons. The molecule has 0 spiro atoms. The van der Waals surface area contributed by atoms with Gasteiger partial charge in [0.25, 0.3) is 0 Å². The Morgan fingerprint density at radius 2 is 1.87 bits per heavy atom. The largest absolute Gasteiger partial charge is 0.495 e. The average Bonchev–Trinajstić information content (AvgIpc) is 2.76. The molecule has 0 heterocycles. The molecule has 0 atom stereocenters. The molecule has 0 radical (unpaired) electrons. The van der Waals surface area contributed by atoms with Crippen LogP contribution < -0.4 is 20.7 Å². The second-order valence-corrected chi connectivity index (χ2v) is 6.69. The lowest BCUT2D eigenvalue weighted by Crippen LogP contribution is -2.35. The number of benzene rings is 2. The van der Waals surface area contributed by atoms with Gasteiger partial charge in [0.15, 0.2) is 0 Å². The molecule has 0 aromatic heterocycles.